The molecule has 25 heavy (non-hydrogen) atoms. The number of nitrogens with zero attached hydrogens (tertiary/aromatic N) is 1. The maximum atomic E-state index is 12.7. The first-order valence-electron chi connectivity index (χ1n) is 9.38. The number of amides is 1. The molecule has 0 radical (unpaired) electrons. The van der Waals surface area contributed by atoms with E-state index in [-0.39, 0.29) is 17.9 Å². The van der Waals surface area contributed by atoms with Gasteiger partial charge in [0, 0.05) is 30.7 Å². The Hall–Kier alpha value is -1.81. The number of piperidine rings is 1. The number of hydrogen-bond acceptors (Lipinski definition) is 3. The van der Waals surface area contributed by atoms with Crippen molar-refractivity contribution in [3.8, 4) is 5.75 Å². The molecule has 1 aliphatic carbocycles. The summed E-state index contributed by atoms with van der Waals surface area (Å²) in [6.07, 6.45) is 8.92. The van der Waals surface area contributed by atoms with E-state index in [1.165, 1.54) is 12.0 Å². The van der Waals surface area contributed by atoms with Gasteiger partial charge in [0.25, 0.3) is 0 Å². The number of aliphatic hydroxyl groups is 1. The van der Waals surface area contributed by atoms with Crippen LogP contribution in [-0.4, -0.2) is 42.7 Å². The first kappa shape index (κ1) is 18.0. The predicted molar refractivity (Wildman–Crippen MR) is 98.6 cm³/mol. The number of ether oxygens (including phenoxy) is 1. The van der Waals surface area contributed by atoms with Gasteiger partial charge in [-0.25, -0.2) is 0 Å². The van der Waals surface area contributed by atoms with Gasteiger partial charge in [0.1, 0.15) is 5.75 Å². The van der Waals surface area contributed by atoms with Crippen LogP contribution in [0.15, 0.2) is 35.9 Å². The fourth-order valence-electron chi connectivity index (χ4n) is 4.03. The fourth-order valence-corrected chi connectivity index (χ4v) is 4.03. The molecule has 3 rings (SSSR count). The summed E-state index contributed by atoms with van der Waals surface area (Å²) in [5, 5.41) is 10.1. The van der Waals surface area contributed by atoms with Crippen molar-refractivity contribution in [2.75, 3.05) is 26.8 Å². The Balaban J connectivity index is 1.63. The Morgan fingerprint density at radius 2 is 2.08 bits per heavy atom. The monoisotopic (exact) mass is 343 g/mol. The highest BCUT2D eigenvalue weighted by Crippen LogP contribution is 2.36. The second-order valence-corrected chi connectivity index (χ2v) is 7.45. The summed E-state index contributed by atoms with van der Waals surface area (Å²) in [5.74, 6) is 1.06. The van der Waals surface area contributed by atoms with Gasteiger partial charge in [0.2, 0.25) is 5.91 Å². The Morgan fingerprint density at radius 1 is 1.28 bits per heavy atom. The van der Waals surface area contributed by atoms with E-state index in [1.807, 2.05) is 23.1 Å². The Morgan fingerprint density at radius 3 is 2.72 bits per heavy atom. The minimum Gasteiger partial charge on any atom is -0.497 e. The second kappa shape index (κ2) is 8.05. The standard InChI is InChI=1S/C21H29NO3/c1-25-19-9-5-6-17(14-19)15-21(16-23)10-12-22(13-11-21)20(24)18-7-3-2-4-8-18/h5-7,9,14,23H,2-4,8,10-13,15-16H2,1H3. The minimum absolute atomic E-state index is 0.135. The Kier molecular flexibility index (Phi) is 5.79. The molecule has 1 heterocycles. The van der Waals surface area contributed by atoms with Crippen molar-refractivity contribution in [2.24, 2.45) is 5.41 Å². The normalized spacial score (nSPS) is 20.1. The lowest BCUT2D eigenvalue weighted by molar-refractivity contribution is -0.130. The lowest BCUT2D eigenvalue weighted by Crippen LogP contribution is -2.46. The quantitative estimate of drug-likeness (QED) is 0.892. The predicted octanol–water partition coefficient (Wildman–Crippen LogP) is 3.34. The molecular formula is C21H29NO3. The van der Waals surface area contributed by atoms with Crippen LogP contribution in [0.25, 0.3) is 0 Å². The summed E-state index contributed by atoms with van der Waals surface area (Å²) in [4.78, 5) is 14.7. The van der Waals surface area contributed by atoms with E-state index in [4.69, 9.17) is 4.74 Å². The third kappa shape index (κ3) is 4.24. The molecule has 0 aromatic heterocycles. The van der Waals surface area contributed by atoms with Gasteiger partial charge in [-0.3, -0.25) is 4.79 Å². The molecule has 0 atom stereocenters. The first-order valence-corrected chi connectivity index (χ1v) is 9.38. The Labute approximate surface area is 150 Å². The van der Waals surface area contributed by atoms with E-state index in [0.29, 0.717) is 0 Å². The Bertz CT molecular complexity index is 630. The van der Waals surface area contributed by atoms with Gasteiger partial charge in [-0.15, -0.1) is 0 Å². The third-order valence-electron chi connectivity index (χ3n) is 5.73. The number of carbonyl (C=O) groups is 1. The molecule has 1 aromatic carbocycles. The zero-order valence-electron chi connectivity index (χ0n) is 15.2. The van der Waals surface area contributed by atoms with Crippen LogP contribution in [0.5, 0.6) is 5.75 Å². The first-order chi connectivity index (χ1) is 12.2. The van der Waals surface area contributed by atoms with Gasteiger partial charge in [0.15, 0.2) is 0 Å². The summed E-state index contributed by atoms with van der Waals surface area (Å²) in [5.41, 5.74) is 2.04. The fraction of sp³-hybridized carbons (Fsp3) is 0.571. The van der Waals surface area contributed by atoms with Gasteiger partial charge in [-0.1, -0.05) is 18.2 Å². The largest absolute Gasteiger partial charge is 0.497 e. The zero-order valence-corrected chi connectivity index (χ0v) is 15.2. The molecule has 1 fully saturated rings. The van der Waals surface area contributed by atoms with Crippen molar-refractivity contribution < 1.29 is 14.6 Å². The lowest BCUT2D eigenvalue weighted by Gasteiger charge is -2.41. The van der Waals surface area contributed by atoms with Gasteiger partial charge in [0.05, 0.1) is 7.11 Å². The average molecular weight is 343 g/mol. The van der Waals surface area contributed by atoms with Crippen molar-refractivity contribution in [1.29, 1.82) is 0 Å². The molecule has 0 spiro atoms. The molecule has 1 aromatic rings. The molecule has 1 N–H and O–H groups in total. The second-order valence-electron chi connectivity index (χ2n) is 7.45. The number of aliphatic hydroxyl groups excluding tert-OH is 1. The van der Waals surface area contributed by atoms with Crippen LogP contribution in [0.1, 0.15) is 44.1 Å². The molecule has 2 aliphatic rings. The highest BCUT2D eigenvalue weighted by atomic mass is 16.5. The van der Waals surface area contributed by atoms with Crippen molar-refractivity contribution >= 4 is 5.91 Å². The lowest BCUT2D eigenvalue weighted by atomic mass is 9.74. The zero-order chi connectivity index (χ0) is 17.7. The molecule has 1 aliphatic heterocycles. The van der Waals surface area contributed by atoms with Gasteiger partial charge in [-0.2, -0.15) is 0 Å². The van der Waals surface area contributed by atoms with E-state index in [9.17, 15) is 9.90 Å². The third-order valence-corrected chi connectivity index (χ3v) is 5.73. The minimum atomic E-state index is -0.135. The highest BCUT2D eigenvalue weighted by molar-refractivity contribution is 5.93. The molecule has 0 unspecified atom stereocenters. The van der Waals surface area contributed by atoms with Gasteiger partial charge < -0.3 is 14.7 Å². The molecule has 4 heteroatoms. The van der Waals surface area contributed by atoms with Crippen molar-refractivity contribution in [3.05, 3.63) is 41.5 Å². The van der Waals surface area contributed by atoms with E-state index in [0.717, 1.165) is 62.9 Å². The number of hydrogen-bond donors (Lipinski definition) is 1. The summed E-state index contributed by atoms with van der Waals surface area (Å²) in [6, 6.07) is 8.06. The van der Waals surface area contributed by atoms with Gasteiger partial charge in [-0.05, 0) is 62.6 Å². The number of rotatable bonds is 5. The van der Waals surface area contributed by atoms with Crippen LogP contribution in [0.2, 0.25) is 0 Å². The number of methoxy groups -OCH3 is 1. The SMILES string of the molecule is COc1cccc(CC2(CO)CCN(C(=O)C3=CCCCC3)CC2)c1. The summed E-state index contributed by atoms with van der Waals surface area (Å²) < 4.78 is 5.30. The summed E-state index contributed by atoms with van der Waals surface area (Å²) in [7, 11) is 1.67. The van der Waals surface area contributed by atoms with E-state index in [1.54, 1.807) is 7.11 Å². The van der Waals surface area contributed by atoms with Crippen molar-refractivity contribution in [1.82, 2.24) is 4.90 Å². The van der Waals surface area contributed by atoms with Crippen LogP contribution >= 0.6 is 0 Å². The average Bonchev–Trinajstić information content (AvgIpc) is 2.69. The van der Waals surface area contributed by atoms with Crippen LogP contribution < -0.4 is 4.74 Å². The van der Waals surface area contributed by atoms with E-state index >= 15 is 0 Å². The van der Waals surface area contributed by atoms with E-state index in [2.05, 4.69) is 12.1 Å². The van der Waals surface area contributed by atoms with Crippen LogP contribution in [0, 0.1) is 5.41 Å². The topological polar surface area (TPSA) is 49.8 Å². The summed E-state index contributed by atoms with van der Waals surface area (Å²) in [6.45, 7) is 1.64. The van der Waals surface area contributed by atoms with Gasteiger partial charge >= 0.3 is 0 Å². The van der Waals surface area contributed by atoms with Crippen LogP contribution in [-0.2, 0) is 11.2 Å². The number of allylic oxidation sites excluding steroid dienone is 1. The molecule has 136 valence electrons. The number of benzene rings is 1. The van der Waals surface area contributed by atoms with Crippen LogP contribution in [0.3, 0.4) is 0 Å². The maximum Gasteiger partial charge on any atom is 0.249 e. The molecule has 1 saturated heterocycles. The summed E-state index contributed by atoms with van der Waals surface area (Å²) >= 11 is 0. The molecular weight excluding hydrogens is 314 g/mol. The van der Waals surface area contributed by atoms with Crippen molar-refractivity contribution in [3.63, 3.8) is 0 Å². The molecule has 1 amide bonds. The molecule has 0 saturated carbocycles. The van der Waals surface area contributed by atoms with Crippen molar-refractivity contribution in [2.45, 2.75) is 44.9 Å². The number of carbonyl (C=O) groups excluding carboxylic acids is 1. The molecule has 4 nitrogen and oxygen atoms in total. The van der Waals surface area contributed by atoms with Crippen LogP contribution in [0.4, 0.5) is 0 Å². The highest BCUT2D eigenvalue weighted by Gasteiger charge is 2.36. The smallest absolute Gasteiger partial charge is 0.249 e. The maximum absolute atomic E-state index is 12.7. The number of likely N-dealkylation sites (tertiary alicyclic amines) is 1. The van der Waals surface area contributed by atoms with E-state index < -0.39 is 0 Å². The molecule has 0 bridgehead atoms.